The number of hydrogen-bond acceptors (Lipinski definition) is 4. The van der Waals surface area contributed by atoms with Gasteiger partial charge in [0.2, 0.25) is 0 Å². The van der Waals surface area contributed by atoms with E-state index in [1.807, 2.05) is 13.1 Å². The molecular formula is C19H30N4O2. The Morgan fingerprint density at radius 3 is 2.88 bits per heavy atom. The third kappa shape index (κ3) is 3.55. The first-order valence-corrected chi connectivity index (χ1v) is 9.60. The highest BCUT2D eigenvalue weighted by Gasteiger charge is 2.42. The first-order chi connectivity index (χ1) is 12.3. The van der Waals surface area contributed by atoms with Crippen molar-refractivity contribution in [2.24, 2.45) is 10.4 Å². The molecule has 3 saturated heterocycles. The van der Waals surface area contributed by atoms with Crippen molar-refractivity contribution >= 4 is 5.96 Å². The van der Waals surface area contributed by atoms with Crippen LogP contribution in [0.4, 0.5) is 0 Å². The lowest BCUT2D eigenvalue weighted by Crippen LogP contribution is -2.45. The third-order valence-electron chi connectivity index (χ3n) is 6.04. The van der Waals surface area contributed by atoms with E-state index in [1.54, 1.807) is 6.26 Å². The van der Waals surface area contributed by atoms with Crippen LogP contribution >= 0.6 is 0 Å². The Hall–Kier alpha value is -1.53. The van der Waals surface area contributed by atoms with Crippen LogP contribution in [0.1, 0.15) is 37.5 Å². The van der Waals surface area contributed by atoms with Gasteiger partial charge in [-0.2, -0.15) is 0 Å². The number of ether oxygens (including phenoxy) is 1. The molecule has 0 aromatic carbocycles. The Balaban J connectivity index is 1.39. The first kappa shape index (κ1) is 16.9. The number of likely N-dealkylation sites (tertiary alicyclic amines) is 2. The van der Waals surface area contributed by atoms with Gasteiger partial charge in [-0.3, -0.25) is 9.89 Å². The second-order valence-electron chi connectivity index (χ2n) is 7.68. The Bertz CT molecular complexity index is 574. The summed E-state index contributed by atoms with van der Waals surface area (Å²) in [6.07, 6.45) is 6.73. The average molecular weight is 346 g/mol. The second-order valence-corrected chi connectivity index (χ2v) is 7.68. The predicted molar refractivity (Wildman–Crippen MR) is 97.7 cm³/mol. The number of furan rings is 1. The number of hydrogen-bond donors (Lipinski definition) is 1. The summed E-state index contributed by atoms with van der Waals surface area (Å²) in [6, 6.07) is 4.35. The highest BCUT2D eigenvalue weighted by Crippen LogP contribution is 2.38. The van der Waals surface area contributed by atoms with Crippen molar-refractivity contribution in [1.29, 1.82) is 0 Å². The zero-order valence-electron chi connectivity index (χ0n) is 15.2. The molecule has 4 heterocycles. The topological polar surface area (TPSA) is 53.2 Å². The van der Waals surface area contributed by atoms with Crippen LogP contribution < -0.4 is 5.32 Å². The lowest BCUT2D eigenvalue weighted by atomic mass is 9.87. The van der Waals surface area contributed by atoms with Crippen LogP contribution in [0.3, 0.4) is 0 Å². The molecule has 4 rings (SSSR count). The molecule has 1 aromatic rings. The maximum atomic E-state index is 5.72. The zero-order valence-corrected chi connectivity index (χ0v) is 15.2. The van der Waals surface area contributed by atoms with Gasteiger partial charge in [-0.25, -0.2) is 0 Å². The van der Waals surface area contributed by atoms with E-state index in [0.29, 0.717) is 5.41 Å². The molecule has 3 aliphatic heterocycles. The minimum Gasteiger partial charge on any atom is -0.468 e. The molecule has 3 fully saturated rings. The molecule has 2 unspecified atom stereocenters. The van der Waals surface area contributed by atoms with Crippen molar-refractivity contribution in [3.8, 4) is 0 Å². The maximum Gasteiger partial charge on any atom is 0.193 e. The summed E-state index contributed by atoms with van der Waals surface area (Å²) in [5, 5.41) is 3.62. The first-order valence-electron chi connectivity index (χ1n) is 9.60. The van der Waals surface area contributed by atoms with Crippen LogP contribution in [0.2, 0.25) is 0 Å². The number of nitrogens with one attached hydrogen (secondary N) is 1. The molecule has 6 heteroatoms. The van der Waals surface area contributed by atoms with E-state index >= 15 is 0 Å². The Labute approximate surface area is 150 Å². The fraction of sp³-hybridized carbons (Fsp3) is 0.737. The minimum atomic E-state index is 0.278. The molecule has 0 saturated carbocycles. The van der Waals surface area contributed by atoms with E-state index in [4.69, 9.17) is 9.15 Å². The zero-order chi connectivity index (χ0) is 17.1. The van der Waals surface area contributed by atoms with Crippen molar-refractivity contribution in [2.45, 2.75) is 31.7 Å². The highest BCUT2D eigenvalue weighted by atomic mass is 16.5. The summed E-state index contributed by atoms with van der Waals surface area (Å²) in [7, 11) is 1.89. The Morgan fingerprint density at radius 1 is 1.32 bits per heavy atom. The van der Waals surface area contributed by atoms with Gasteiger partial charge in [-0.05, 0) is 50.9 Å². The summed E-state index contributed by atoms with van der Waals surface area (Å²) in [5.74, 6) is 2.06. The molecule has 2 atom stereocenters. The van der Waals surface area contributed by atoms with Crippen LogP contribution in [0, 0.1) is 5.41 Å². The van der Waals surface area contributed by atoms with E-state index in [1.165, 1.54) is 25.7 Å². The fourth-order valence-corrected chi connectivity index (χ4v) is 4.55. The summed E-state index contributed by atoms with van der Waals surface area (Å²) in [6.45, 7) is 7.07. The number of guanidine groups is 1. The van der Waals surface area contributed by atoms with Crippen LogP contribution in [0.15, 0.2) is 27.8 Å². The molecule has 0 amide bonds. The summed E-state index contributed by atoms with van der Waals surface area (Å²) < 4.78 is 11.4. The van der Waals surface area contributed by atoms with E-state index in [2.05, 4.69) is 26.2 Å². The van der Waals surface area contributed by atoms with Gasteiger partial charge in [0.05, 0.1) is 18.9 Å². The molecular weight excluding hydrogens is 316 g/mol. The van der Waals surface area contributed by atoms with Crippen molar-refractivity contribution < 1.29 is 9.15 Å². The average Bonchev–Trinajstić information content (AvgIpc) is 3.42. The van der Waals surface area contributed by atoms with E-state index in [9.17, 15) is 0 Å². The summed E-state index contributed by atoms with van der Waals surface area (Å²) in [4.78, 5) is 9.47. The van der Waals surface area contributed by atoms with Crippen molar-refractivity contribution in [3.63, 3.8) is 0 Å². The minimum absolute atomic E-state index is 0.278. The Morgan fingerprint density at radius 2 is 2.20 bits per heavy atom. The SMILES string of the molecule is CN=C(NCC(c1ccco1)N1CCCC1)N1CCC2(CCOC2)C1. The summed E-state index contributed by atoms with van der Waals surface area (Å²) >= 11 is 0. The third-order valence-corrected chi connectivity index (χ3v) is 6.04. The van der Waals surface area contributed by atoms with Crippen molar-refractivity contribution in [1.82, 2.24) is 15.1 Å². The molecule has 0 aliphatic carbocycles. The van der Waals surface area contributed by atoms with Gasteiger partial charge in [0.15, 0.2) is 5.96 Å². The van der Waals surface area contributed by atoms with E-state index in [0.717, 1.165) is 57.7 Å². The fourth-order valence-electron chi connectivity index (χ4n) is 4.55. The van der Waals surface area contributed by atoms with Gasteiger partial charge in [-0.15, -0.1) is 0 Å². The molecule has 1 aromatic heterocycles. The van der Waals surface area contributed by atoms with E-state index < -0.39 is 0 Å². The van der Waals surface area contributed by atoms with Gasteiger partial charge < -0.3 is 19.4 Å². The monoisotopic (exact) mass is 346 g/mol. The molecule has 6 nitrogen and oxygen atoms in total. The molecule has 25 heavy (non-hydrogen) atoms. The van der Waals surface area contributed by atoms with Gasteiger partial charge in [-0.1, -0.05) is 0 Å². The van der Waals surface area contributed by atoms with Crippen LogP contribution in [-0.4, -0.2) is 68.7 Å². The van der Waals surface area contributed by atoms with Crippen LogP contribution in [0.25, 0.3) is 0 Å². The largest absolute Gasteiger partial charge is 0.468 e. The Kier molecular flexibility index (Phi) is 4.99. The van der Waals surface area contributed by atoms with Gasteiger partial charge in [0.1, 0.15) is 5.76 Å². The quantitative estimate of drug-likeness (QED) is 0.668. The number of rotatable bonds is 4. The second kappa shape index (κ2) is 7.38. The standard InChI is InChI=1S/C19H30N4O2/c1-20-18(23-10-6-19(14-23)7-12-24-15-19)21-13-16(17-5-4-11-25-17)22-8-2-3-9-22/h4-5,11,16H,2-3,6-10,12-15H2,1H3,(H,20,21). The maximum absolute atomic E-state index is 5.72. The molecule has 0 bridgehead atoms. The lowest BCUT2D eigenvalue weighted by molar-refractivity contribution is 0.156. The number of nitrogens with zero attached hydrogens (tertiary/aromatic N) is 3. The molecule has 0 radical (unpaired) electrons. The van der Waals surface area contributed by atoms with Gasteiger partial charge >= 0.3 is 0 Å². The highest BCUT2D eigenvalue weighted by molar-refractivity contribution is 5.80. The molecule has 138 valence electrons. The van der Waals surface area contributed by atoms with E-state index in [-0.39, 0.29) is 6.04 Å². The lowest BCUT2D eigenvalue weighted by Gasteiger charge is -2.29. The van der Waals surface area contributed by atoms with Gasteiger partial charge in [0, 0.05) is 38.7 Å². The van der Waals surface area contributed by atoms with Crippen molar-refractivity contribution in [2.75, 3.05) is 53.0 Å². The smallest absolute Gasteiger partial charge is 0.193 e. The van der Waals surface area contributed by atoms with Crippen LogP contribution in [-0.2, 0) is 4.74 Å². The predicted octanol–water partition coefficient (Wildman–Crippen LogP) is 2.10. The normalized spacial score (nSPS) is 29.0. The number of aliphatic imine (C=N–C) groups is 1. The molecule has 3 aliphatic rings. The molecule has 1 spiro atoms. The van der Waals surface area contributed by atoms with Crippen molar-refractivity contribution in [3.05, 3.63) is 24.2 Å². The summed E-state index contributed by atoms with van der Waals surface area (Å²) in [5.41, 5.74) is 0.354. The van der Waals surface area contributed by atoms with Crippen LogP contribution in [0.5, 0.6) is 0 Å². The van der Waals surface area contributed by atoms with Gasteiger partial charge in [0.25, 0.3) is 0 Å². The molecule has 1 N–H and O–H groups in total.